The summed E-state index contributed by atoms with van der Waals surface area (Å²) >= 11 is 0. The zero-order chi connectivity index (χ0) is 19.9. The molecule has 150 valence electrons. The van der Waals surface area contributed by atoms with Gasteiger partial charge in [-0.2, -0.15) is 0 Å². The van der Waals surface area contributed by atoms with E-state index in [0.29, 0.717) is 31.3 Å². The first-order chi connectivity index (χ1) is 13.6. The van der Waals surface area contributed by atoms with Crippen molar-refractivity contribution in [2.45, 2.75) is 18.6 Å². The number of anilines is 1. The van der Waals surface area contributed by atoms with E-state index in [1.54, 1.807) is 12.1 Å². The molecular formula is C21H28N4O3. The van der Waals surface area contributed by atoms with Crippen LogP contribution in [0, 0.1) is 0 Å². The number of ether oxygens (including phenoxy) is 1. The molecule has 0 bridgehead atoms. The molecule has 3 heterocycles. The minimum Gasteiger partial charge on any atom is -0.390 e. The van der Waals surface area contributed by atoms with E-state index in [2.05, 4.69) is 33.7 Å². The van der Waals surface area contributed by atoms with Crippen molar-refractivity contribution in [1.82, 2.24) is 15.2 Å². The van der Waals surface area contributed by atoms with Crippen LogP contribution in [0.4, 0.5) is 5.82 Å². The fourth-order valence-electron chi connectivity index (χ4n) is 3.28. The van der Waals surface area contributed by atoms with Crippen molar-refractivity contribution in [2.24, 2.45) is 0 Å². The Morgan fingerprint density at radius 1 is 1.36 bits per heavy atom. The Balaban J connectivity index is 1.46. The van der Waals surface area contributed by atoms with E-state index in [1.165, 1.54) is 5.57 Å². The number of pyridine rings is 1. The van der Waals surface area contributed by atoms with Crippen LogP contribution in [0.5, 0.6) is 0 Å². The van der Waals surface area contributed by atoms with Crippen LogP contribution in [0.2, 0.25) is 0 Å². The molecule has 1 unspecified atom stereocenters. The summed E-state index contributed by atoms with van der Waals surface area (Å²) in [4.78, 5) is 18.8. The van der Waals surface area contributed by atoms with E-state index in [9.17, 15) is 9.90 Å². The second kappa shape index (κ2) is 9.64. The van der Waals surface area contributed by atoms with Crippen LogP contribution in [-0.4, -0.2) is 72.4 Å². The van der Waals surface area contributed by atoms with Gasteiger partial charge in [0.25, 0.3) is 5.91 Å². The molecule has 0 saturated carbocycles. The lowest BCUT2D eigenvalue weighted by Crippen LogP contribution is -2.42. The Morgan fingerprint density at radius 2 is 2.14 bits per heavy atom. The molecule has 1 atom stereocenters. The third-order valence-electron chi connectivity index (χ3n) is 4.94. The Morgan fingerprint density at radius 3 is 2.82 bits per heavy atom. The standard InChI is InChI=1S/C21H28N4O3/c1-3-15-8-9-25(11-16(15)4-2)12-18(26)10-22-21(27)19-6-5-7-20(24-19)23-17-13-28-14-17/h3-7,17-18,26H,1-2,8-14H2,(H,22,27)(H,23,24). The fourth-order valence-corrected chi connectivity index (χ4v) is 3.28. The number of hydrogen-bond acceptors (Lipinski definition) is 6. The smallest absolute Gasteiger partial charge is 0.270 e. The molecule has 1 fully saturated rings. The summed E-state index contributed by atoms with van der Waals surface area (Å²) in [6.07, 6.45) is 3.95. The SMILES string of the molecule is C=CC1=C(C=C)CN(CC(O)CNC(=O)c2cccc(NC3COC3)n2)CC1. The number of β-amino-alcohol motifs (C(OH)–C–C–N with tert-alkyl or cyclic N) is 1. The Hall–Kier alpha value is -2.48. The maximum atomic E-state index is 12.4. The van der Waals surface area contributed by atoms with Gasteiger partial charge in [0.1, 0.15) is 11.5 Å². The van der Waals surface area contributed by atoms with Crippen molar-refractivity contribution >= 4 is 11.7 Å². The first-order valence-corrected chi connectivity index (χ1v) is 9.56. The quantitative estimate of drug-likeness (QED) is 0.596. The lowest BCUT2D eigenvalue weighted by Gasteiger charge is -2.30. The molecule has 0 aliphatic carbocycles. The number of carbonyl (C=O) groups excluding carboxylic acids is 1. The minimum atomic E-state index is -0.659. The first kappa shape index (κ1) is 20.3. The molecule has 0 aromatic carbocycles. The van der Waals surface area contributed by atoms with Gasteiger partial charge in [0.2, 0.25) is 0 Å². The van der Waals surface area contributed by atoms with E-state index in [4.69, 9.17) is 4.74 Å². The van der Waals surface area contributed by atoms with Crippen molar-refractivity contribution in [2.75, 3.05) is 44.7 Å². The summed E-state index contributed by atoms with van der Waals surface area (Å²) in [6, 6.07) is 5.51. The molecule has 3 rings (SSSR count). The molecular weight excluding hydrogens is 356 g/mol. The molecule has 1 amide bonds. The normalized spacial score (nSPS) is 18.9. The van der Waals surface area contributed by atoms with Gasteiger partial charge in [-0.15, -0.1) is 0 Å². The molecule has 7 nitrogen and oxygen atoms in total. The van der Waals surface area contributed by atoms with Gasteiger partial charge in [-0.05, 0) is 29.7 Å². The van der Waals surface area contributed by atoms with Crippen LogP contribution in [0.25, 0.3) is 0 Å². The molecule has 3 N–H and O–H groups in total. The number of nitrogens with one attached hydrogen (secondary N) is 2. The topological polar surface area (TPSA) is 86.7 Å². The number of allylic oxidation sites excluding steroid dienone is 1. The largest absolute Gasteiger partial charge is 0.390 e. The number of aromatic nitrogens is 1. The predicted octanol–water partition coefficient (Wildman–Crippen LogP) is 1.36. The first-order valence-electron chi connectivity index (χ1n) is 9.56. The number of aliphatic hydroxyl groups excluding tert-OH is 1. The number of nitrogens with zero attached hydrogens (tertiary/aromatic N) is 2. The molecule has 28 heavy (non-hydrogen) atoms. The molecule has 0 spiro atoms. The second-order valence-corrected chi connectivity index (χ2v) is 7.09. The van der Waals surface area contributed by atoms with Gasteiger partial charge in [0.05, 0.1) is 25.4 Å². The Bertz CT molecular complexity index is 758. The highest BCUT2D eigenvalue weighted by atomic mass is 16.5. The van der Waals surface area contributed by atoms with Crippen molar-refractivity contribution in [3.63, 3.8) is 0 Å². The maximum Gasteiger partial charge on any atom is 0.270 e. The minimum absolute atomic E-state index is 0.173. The van der Waals surface area contributed by atoms with Gasteiger partial charge in [0, 0.05) is 26.2 Å². The Kier molecular flexibility index (Phi) is 6.97. The number of carbonyl (C=O) groups is 1. The van der Waals surface area contributed by atoms with Crippen LogP contribution in [0.3, 0.4) is 0 Å². The molecule has 0 radical (unpaired) electrons. The monoisotopic (exact) mass is 384 g/mol. The lowest BCUT2D eigenvalue weighted by atomic mass is 10.00. The average molecular weight is 384 g/mol. The number of rotatable bonds is 9. The predicted molar refractivity (Wildman–Crippen MR) is 109 cm³/mol. The van der Waals surface area contributed by atoms with Crippen molar-refractivity contribution in [3.05, 3.63) is 60.3 Å². The molecule has 1 saturated heterocycles. The molecule has 1 aromatic rings. The van der Waals surface area contributed by atoms with Crippen LogP contribution < -0.4 is 10.6 Å². The van der Waals surface area contributed by atoms with Crippen molar-refractivity contribution < 1.29 is 14.6 Å². The van der Waals surface area contributed by atoms with E-state index >= 15 is 0 Å². The highest BCUT2D eigenvalue weighted by molar-refractivity contribution is 5.92. The lowest BCUT2D eigenvalue weighted by molar-refractivity contribution is 0.0209. The summed E-state index contributed by atoms with van der Waals surface area (Å²) in [6.45, 7) is 11.2. The zero-order valence-electron chi connectivity index (χ0n) is 16.1. The van der Waals surface area contributed by atoms with E-state index < -0.39 is 6.10 Å². The number of aliphatic hydroxyl groups is 1. The Labute approximate surface area is 165 Å². The number of hydrogen-bond donors (Lipinski definition) is 3. The van der Waals surface area contributed by atoms with Gasteiger partial charge in [0.15, 0.2) is 0 Å². The van der Waals surface area contributed by atoms with Gasteiger partial charge in [-0.3, -0.25) is 9.69 Å². The summed E-state index contributed by atoms with van der Waals surface area (Å²) in [7, 11) is 0. The zero-order valence-corrected chi connectivity index (χ0v) is 16.1. The molecule has 2 aliphatic heterocycles. The fraction of sp³-hybridized carbons (Fsp3) is 0.429. The molecule has 7 heteroatoms. The van der Waals surface area contributed by atoms with Crippen molar-refractivity contribution in [3.8, 4) is 0 Å². The second-order valence-electron chi connectivity index (χ2n) is 7.09. The van der Waals surface area contributed by atoms with Gasteiger partial charge in [-0.25, -0.2) is 4.98 Å². The third-order valence-corrected chi connectivity index (χ3v) is 4.94. The summed E-state index contributed by atoms with van der Waals surface area (Å²) < 4.78 is 5.12. The maximum absolute atomic E-state index is 12.4. The highest BCUT2D eigenvalue weighted by Gasteiger charge is 2.20. The molecule has 2 aliphatic rings. The van der Waals surface area contributed by atoms with Crippen LogP contribution in [0.15, 0.2) is 54.7 Å². The van der Waals surface area contributed by atoms with Gasteiger partial charge in [-0.1, -0.05) is 31.4 Å². The van der Waals surface area contributed by atoms with Crippen LogP contribution in [0.1, 0.15) is 16.9 Å². The average Bonchev–Trinajstić information content (AvgIpc) is 2.69. The van der Waals surface area contributed by atoms with Crippen molar-refractivity contribution in [1.29, 1.82) is 0 Å². The molecule has 1 aromatic heterocycles. The highest BCUT2D eigenvalue weighted by Crippen LogP contribution is 2.19. The van der Waals surface area contributed by atoms with Gasteiger partial charge < -0.3 is 20.5 Å². The van der Waals surface area contributed by atoms with E-state index in [-0.39, 0.29) is 18.5 Å². The summed E-state index contributed by atoms with van der Waals surface area (Å²) in [5, 5.41) is 16.3. The van der Waals surface area contributed by atoms with E-state index in [0.717, 1.165) is 25.1 Å². The summed E-state index contributed by atoms with van der Waals surface area (Å²) in [5.74, 6) is 0.350. The van der Waals surface area contributed by atoms with E-state index in [1.807, 2.05) is 18.2 Å². The van der Waals surface area contributed by atoms with Gasteiger partial charge >= 0.3 is 0 Å². The number of amides is 1. The summed E-state index contributed by atoms with van der Waals surface area (Å²) in [5.41, 5.74) is 2.67. The third kappa shape index (κ3) is 5.28. The van der Waals surface area contributed by atoms with Crippen LogP contribution >= 0.6 is 0 Å². The van der Waals surface area contributed by atoms with Crippen LogP contribution in [-0.2, 0) is 4.74 Å².